The summed E-state index contributed by atoms with van der Waals surface area (Å²) < 4.78 is 68.1. The van der Waals surface area contributed by atoms with E-state index in [1.807, 2.05) is 0 Å². The van der Waals surface area contributed by atoms with Gasteiger partial charge in [-0.3, -0.25) is 4.40 Å². The molecular weight excluding hydrogens is 507 g/mol. The van der Waals surface area contributed by atoms with Gasteiger partial charge in [-0.25, -0.2) is 31.3 Å². The van der Waals surface area contributed by atoms with Crippen molar-refractivity contribution in [1.29, 1.82) is 0 Å². The molecule has 0 saturated heterocycles. The second kappa shape index (κ2) is 6.90. The first kappa shape index (κ1) is 20.0. The van der Waals surface area contributed by atoms with Crippen LogP contribution in [0.3, 0.4) is 0 Å². The summed E-state index contributed by atoms with van der Waals surface area (Å²) in [5.74, 6) is 0.0943. The molecule has 1 saturated carbocycles. The third-order valence-electron chi connectivity index (χ3n) is 4.21. The predicted octanol–water partition coefficient (Wildman–Crippen LogP) is 3.99. The highest BCUT2D eigenvalue weighted by Gasteiger charge is 2.46. The number of imidazole rings is 1. The smallest absolute Gasteiger partial charge is 0.291 e. The van der Waals surface area contributed by atoms with Crippen molar-refractivity contribution in [3.63, 3.8) is 0 Å². The number of alkyl halides is 3. The molecule has 3 aromatic rings. The van der Waals surface area contributed by atoms with Crippen LogP contribution in [0.15, 0.2) is 21.8 Å². The fourth-order valence-corrected chi connectivity index (χ4v) is 5.77. The number of nitrogens with one attached hydrogen (secondary N) is 1. The van der Waals surface area contributed by atoms with Crippen molar-refractivity contribution >= 4 is 54.4 Å². The SMILES string of the molecule is O=S(=O)(NC1(CF)CC1)c1cc(Cl)c2c(Br)nc(-c3nnc(C(F)F)s3)n2c1. The molecule has 0 atom stereocenters. The van der Waals surface area contributed by atoms with E-state index in [2.05, 4.69) is 35.8 Å². The van der Waals surface area contributed by atoms with Gasteiger partial charge in [0.25, 0.3) is 6.43 Å². The largest absolute Gasteiger partial charge is 0.294 e. The molecule has 1 fully saturated rings. The molecule has 3 aromatic heterocycles. The van der Waals surface area contributed by atoms with Crippen LogP contribution in [0, 0.1) is 0 Å². The van der Waals surface area contributed by atoms with Gasteiger partial charge < -0.3 is 0 Å². The van der Waals surface area contributed by atoms with Gasteiger partial charge in [0, 0.05) is 6.20 Å². The molecule has 0 bridgehead atoms. The van der Waals surface area contributed by atoms with E-state index in [-0.39, 0.29) is 25.4 Å². The van der Waals surface area contributed by atoms with E-state index < -0.39 is 33.7 Å². The number of hydrogen-bond acceptors (Lipinski definition) is 6. The highest BCUT2D eigenvalue weighted by atomic mass is 79.9. The van der Waals surface area contributed by atoms with Crippen LogP contribution in [0.25, 0.3) is 16.3 Å². The minimum atomic E-state index is -4.07. The van der Waals surface area contributed by atoms with Gasteiger partial charge in [0.05, 0.1) is 16.1 Å². The highest BCUT2D eigenvalue weighted by Crippen LogP contribution is 2.38. The molecule has 0 spiro atoms. The highest BCUT2D eigenvalue weighted by molar-refractivity contribution is 9.10. The molecule has 0 amide bonds. The van der Waals surface area contributed by atoms with Gasteiger partial charge in [0.1, 0.15) is 16.2 Å². The van der Waals surface area contributed by atoms with Crippen LogP contribution in [-0.4, -0.2) is 40.2 Å². The van der Waals surface area contributed by atoms with Crippen molar-refractivity contribution in [3.8, 4) is 10.8 Å². The second-order valence-electron chi connectivity index (χ2n) is 6.23. The minimum absolute atomic E-state index is 0.0530. The normalized spacial score (nSPS) is 16.2. The van der Waals surface area contributed by atoms with Crippen LogP contribution in [-0.2, 0) is 10.0 Å². The summed E-state index contributed by atoms with van der Waals surface area (Å²) in [6, 6.07) is 1.22. The Balaban J connectivity index is 1.85. The monoisotopic (exact) mass is 515 g/mol. The summed E-state index contributed by atoms with van der Waals surface area (Å²) in [7, 11) is -4.07. The molecule has 3 heterocycles. The Kier molecular flexibility index (Phi) is 4.93. The molecule has 1 N–H and O–H groups in total. The quantitative estimate of drug-likeness (QED) is 0.535. The van der Waals surface area contributed by atoms with Crippen molar-refractivity contribution in [3.05, 3.63) is 26.9 Å². The Labute approximate surface area is 174 Å². The lowest BCUT2D eigenvalue weighted by Crippen LogP contribution is -2.38. The molecule has 28 heavy (non-hydrogen) atoms. The lowest BCUT2D eigenvalue weighted by Gasteiger charge is -2.14. The summed E-state index contributed by atoms with van der Waals surface area (Å²) in [5.41, 5.74) is -0.750. The van der Waals surface area contributed by atoms with Gasteiger partial charge in [0.15, 0.2) is 15.8 Å². The topological polar surface area (TPSA) is 89.2 Å². The molecular formula is C14H10BrClF3N5O2S2. The Morgan fingerprint density at radius 3 is 2.68 bits per heavy atom. The van der Waals surface area contributed by atoms with Crippen molar-refractivity contribution < 1.29 is 21.6 Å². The van der Waals surface area contributed by atoms with Gasteiger partial charge in [-0.2, -0.15) is 0 Å². The predicted molar refractivity (Wildman–Crippen MR) is 100 cm³/mol. The van der Waals surface area contributed by atoms with E-state index in [0.29, 0.717) is 29.7 Å². The zero-order valence-electron chi connectivity index (χ0n) is 13.7. The van der Waals surface area contributed by atoms with Crippen LogP contribution >= 0.6 is 38.9 Å². The van der Waals surface area contributed by atoms with E-state index in [4.69, 9.17) is 11.6 Å². The average molecular weight is 517 g/mol. The fourth-order valence-electron chi connectivity index (χ4n) is 2.57. The number of rotatable bonds is 6. The van der Waals surface area contributed by atoms with Crippen molar-refractivity contribution in [1.82, 2.24) is 24.3 Å². The number of pyridine rings is 1. The van der Waals surface area contributed by atoms with E-state index in [9.17, 15) is 21.6 Å². The summed E-state index contributed by atoms with van der Waals surface area (Å²) in [4.78, 5) is 3.99. The van der Waals surface area contributed by atoms with Crippen LogP contribution in [0.2, 0.25) is 5.02 Å². The van der Waals surface area contributed by atoms with E-state index >= 15 is 0 Å². The lowest BCUT2D eigenvalue weighted by atomic mass is 10.3. The molecule has 0 radical (unpaired) electrons. The lowest BCUT2D eigenvalue weighted by molar-refractivity contribution is 0.150. The molecule has 0 aromatic carbocycles. The molecule has 0 unspecified atom stereocenters. The van der Waals surface area contributed by atoms with Gasteiger partial charge >= 0.3 is 0 Å². The molecule has 4 rings (SSSR count). The summed E-state index contributed by atoms with van der Waals surface area (Å²) >= 11 is 10.1. The van der Waals surface area contributed by atoms with Crippen LogP contribution < -0.4 is 4.72 Å². The molecule has 14 heteroatoms. The first-order chi connectivity index (χ1) is 13.2. The maximum absolute atomic E-state index is 13.1. The van der Waals surface area contributed by atoms with Crippen LogP contribution in [0.5, 0.6) is 0 Å². The Morgan fingerprint density at radius 2 is 2.11 bits per heavy atom. The van der Waals surface area contributed by atoms with Gasteiger partial charge in [-0.05, 0) is 34.8 Å². The zero-order chi connectivity index (χ0) is 20.3. The van der Waals surface area contributed by atoms with Crippen molar-refractivity contribution in [2.24, 2.45) is 0 Å². The maximum atomic E-state index is 13.1. The zero-order valence-corrected chi connectivity index (χ0v) is 17.6. The number of aromatic nitrogens is 4. The van der Waals surface area contributed by atoms with Crippen molar-refractivity contribution in [2.45, 2.75) is 29.7 Å². The Morgan fingerprint density at radius 1 is 1.39 bits per heavy atom. The maximum Gasteiger partial charge on any atom is 0.291 e. The van der Waals surface area contributed by atoms with Crippen LogP contribution in [0.1, 0.15) is 24.3 Å². The van der Waals surface area contributed by atoms with Crippen LogP contribution in [0.4, 0.5) is 13.2 Å². The Bertz CT molecular complexity index is 1180. The standard InChI is InChI=1S/C14H10BrClF3N5O2S2/c15-9-8-7(16)3-6(28(25,26)23-14(5-17)1-2-14)4-24(8)11(20-9)13-22-21-12(27-13)10(18)19/h3-4,10,23H,1-2,5H2. The number of halogens is 5. The average Bonchev–Trinajstić information content (AvgIpc) is 3.07. The minimum Gasteiger partial charge on any atom is -0.294 e. The van der Waals surface area contributed by atoms with Gasteiger partial charge in [0.2, 0.25) is 10.0 Å². The Hall–Kier alpha value is -1.28. The number of fused-ring (bicyclic) bond motifs is 1. The van der Waals surface area contributed by atoms with E-state index in [1.165, 1.54) is 16.7 Å². The van der Waals surface area contributed by atoms with Gasteiger partial charge in [-0.1, -0.05) is 22.9 Å². The molecule has 1 aliphatic carbocycles. The fraction of sp³-hybridized carbons (Fsp3) is 0.357. The van der Waals surface area contributed by atoms with E-state index in [0.717, 1.165) is 0 Å². The number of sulfonamides is 1. The summed E-state index contributed by atoms with van der Waals surface area (Å²) in [5, 5.41) is 6.75. The number of hydrogen-bond donors (Lipinski definition) is 1. The molecule has 1 aliphatic rings. The summed E-state index contributed by atoms with van der Waals surface area (Å²) in [6.07, 6.45) is -0.752. The third-order valence-corrected chi connectivity index (χ3v) is 7.52. The molecule has 150 valence electrons. The first-order valence-electron chi connectivity index (χ1n) is 7.75. The molecule has 0 aliphatic heterocycles. The third kappa shape index (κ3) is 3.43. The first-order valence-corrected chi connectivity index (χ1v) is 11.2. The second-order valence-corrected chi connectivity index (χ2v) is 10.1. The molecule has 7 nitrogen and oxygen atoms in total. The van der Waals surface area contributed by atoms with Crippen molar-refractivity contribution in [2.75, 3.05) is 6.67 Å². The van der Waals surface area contributed by atoms with Gasteiger partial charge in [-0.15, -0.1) is 10.2 Å². The number of nitrogens with zero attached hydrogens (tertiary/aromatic N) is 4. The van der Waals surface area contributed by atoms with E-state index in [1.54, 1.807) is 0 Å². The summed E-state index contributed by atoms with van der Waals surface area (Å²) in [6.45, 7) is -0.814.